The number of hydrogen-bond donors (Lipinski definition) is 0. The minimum Gasteiger partial charge on any atom is -0.455 e. The van der Waals surface area contributed by atoms with Crippen molar-refractivity contribution < 1.29 is 15.4 Å². The molecule has 1 aliphatic rings. The Morgan fingerprint density at radius 1 is 0.531 bits per heavy atom. The molecule has 0 aliphatic heterocycles. The second kappa shape index (κ2) is 11.2. The average molecular weight is 633 g/mol. The number of benzene rings is 8. The fourth-order valence-electron chi connectivity index (χ4n) is 7.52. The summed E-state index contributed by atoms with van der Waals surface area (Å²) in [5, 5.41) is 7.40. The highest BCUT2D eigenvalue weighted by molar-refractivity contribution is 6.27. The van der Waals surface area contributed by atoms with Gasteiger partial charge < -0.3 is 4.42 Å². The molecule has 9 aromatic rings. The first kappa shape index (κ1) is 20.9. The number of hydrogen-bond acceptors (Lipinski definition) is 1. The lowest BCUT2D eigenvalue weighted by Gasteiger charge is -2.20. The SMILES string of the molecule is [2H]c1c([2H])c([2H])c(-c2c([2H])c(C3=CC=CCC3)c([2H])c(-c3c4ccccc4c(-c4cccc5oc6c7ccccc7ccc6c45)c4ccccc34)c2[2H])c([2H])c1[2H]. The number of furan rings is 1. The molecule has 0 fully saturated rings. The molecule has 0 unspecified atom stereocenters. The average Bonchev–Trinajstić information content (AvgIpc) is 3.63. The van der Waals surface area contributed by atoms with E-state index in [0.717, 1.165) is 71.0 Å². The molecule has 0 saturated heterocycles. The van der Waals surface area contributed by atoms with Crippen LogP contribution in [-0.2, 0) is 0 Å². The van der Waals surface area contributed by atoms with Gasteiger partial charge in [0, 0.05) is 16.2 Å². The zero-order valence-corrected chi connectivity index (χ0v) is 26.4. The Morgan fingerprint density at radius 2 is 1.20 bits per heavy atom. The molecule has 1 nitrogen and oxygen atoms in total. The first-order valence-electron chi connectivity index (χ1n) is 20.5. The van der Waals surface area contributed by atoms with Gasteiger partial charge in [-0.3, -0.25) is 0 Å². The number of allylic oxidation sites excluding steroid dienone is 4. The fourth-order valence-corrected chi connectivity index (χ4v) is 7.52. The Labute approximate surface area is 296 Å². The van der Waals surface area contributed by atoms with Gasteiger partial charge in [-0.1, -0.05) is 139 Å². The molecule has 0 radical (unpaired) electrons. The van der Waals surface area contributed by atoms with Crippen LogP contribution in [0.5, 0.6) is 0 Å². The van der Waals surface area contributed by atoms with E-state index in [1.165, 1.54) is 0 Å². The summed E-state index contributed by atoms with van der Waals surface area (Å²) in [6.45, 7) is 0. The van der Waals surface area contributed by atoms with Crippen LogP contribution >= 0.6 is 0 Å². The molecule has 1 aromatic heterocycles. The van der Waals surface area contributed by atoms with Crippen molar-refractivity contribution in [3.63, 3.8) is 0 Å². The molecule has 8 aromatic carbocycles. The maximum atomic E-state index is 9.89. The first-order valence-corrected chi connectivity index (χ1v) is 16.5. The van der Waals surface area contributed by atoms with Crippen LogP contribution in [0, 0.1) is 0 Å². The van der Waals surface area contributed by atoms with E-state index < -0.39 is 30.2 Å². The Balaban J connectivity index is 1.36. The Morgan fingerprint density at radius 3 is 1.94 bits per heavy atom. The standard InChI is InChI=1S/C48H32O/c1-3-14-31(15-4-1)34-28-35(32-16-5-2-6-17-32)30-36(29-34)45-38-20-9-11-22-40(38)46(41-23-12-10-21-39(41)45)42-24-13-25-44-47(42)43-27-26-33-18-7-8-19-37(33)48(43)49-44/h1-5,7-16,18-30H,6,17H2/i1D,3D,4D,14D,15D,28D,29D,30D. The maximum absolute atomic E-state index is 9.89. The van der Waals surface area contributed by atoms with Gasteiger partial charge in [-0.25, -0.2) is 0 Å². The molecule has 230 valence electrons. The molecule has 1 heterocycles. The van der Waals surface area contributed by atoms with Crippen molar-refractivity contribution >= 4 is 59.8 Å². The Bertz CT molecular complexity index is 3200. The predicted molar refractivity (Wildman–Crippen MR) is 209 cm³/mol. The van der Waals surface area contributed by atoms with Gasteiger partial charge in [0.2, 0.25) is 0 Å². The molecule has 1 aliphatic carbocycles. The predicted octanol–water partition coefficient (Wildman–Crippen LogP) is 13.8. The first-order chi connectivity index (χ1) is 27.7. The van der Waals surface area contributed by atoms with Crippen LogP contribution in [0.15, 0.2) is 174 Å². The molecule has 10 rings (SSSR count). The summed E-state index contributed by atoms with van der Waals surface area (Å²) in [6, 6.07) is 31.3. The minimum atomic E-state index is -0.550. The van der Waals surface area contributed by atoms with Crippen molar-refractivity contribution in [2.75, 3.05) is 0 Å². The topological polar surface area (TPSA) is 13.1 Å². The lowest BCUT2D eigenvalue weighted by atomic mass is 9.83. The van der Waals surface area contributed by atoms with Crippen LogP contribution < -0.4 is 0 Å². The molecule has 49 heavy (non-hydrogen) atoms. The van der Waals surface area contributed by atoms with Gasteiger partial charge in [0.05, 0.1) is 11.0 Å². The number of rotatable bonds is 4. The van der Waals surface area contributed by atoms with E-state index in [1.54, 1.807) is 0 Å². The van der Waals surface area contributed by atoms with Crippen LogP contribution in [-0.4, -0.2) is 0 Å². The van der Waals surface area contributed by atoms with Crippen molar-refractivity contribution in [3.05, 3.63) is 175 Å². The zero-order valence-electron chi connectivity index (χ0n) is 34.4. The van der Waals surface area contributed by atoms with Gasteiger partial charge in [-0.2, -0.15) is 0 Å². The fraction of sp³-hybridized carbons (Fsp3) is 0.0417. The van der Waals surface area contributed by atoms with E-state index in [1.807, 2.05) is 78.9 Å². The normalized spacial score (nSPS) is 15.5. The van der Waals surface area contributed by atoms with Crippen LogP contribution in [0.25, 0.3) is 93.2 Å². The quantitative estimate of drug-likeness (QED) is 0.176. The van der Waals surface area contributed by atoms with Crippen molar-refractivity contribution in [1.29, 1.82) is 0 Å². The second-order valence-electron chi connectivity index (χ2n) is 12.4. The monoisotopic (exact) mass is 632 g/mol. The van der Waals surface area contributed by atoms with Gasteiger partial charge >= 0.3 is 0 Å². The lowest BCUT2D eigenvalue weighted by Crippen LogP contribution is -1.94. The van der Waals surface area contributed by atoms with E-state index in [9.17, 15) is 4.11 Å². The molecule has 0 spiro atoms. The Hall–Kier alpha value is -6.18. The van der Waals surface area contributed by atoms with Gasteiger partial charge in [0.1, 0.15) is 11.2 Å². The van der Waals surface area contributed by atoms with E-state index in [-0.39, 0.29) is 40.4 Å². The largest absolute Gasteiger partial charge is 0.455 e. The maximum Gasteiger partial charge on any atom is 0.143 e. The van der Waals surface area contributed by atoms with Crippen LogP contribution in [0.1, 0.15) is 29.4 Å². The third-order valence-corrected chi connectivity index (χ3v) is 9.67. The molecule has 0 saturated carbocycles. The zero-order chi connectivity index (χ0) is 39.3. The summed E-state index contributed by atoms with van der Waals surface area (Å²) in [5.74, 6) is 0. The molecule has 0 N–H and O–H groups in total. The van der Waals surface area contributed by atoms with Crippen LogP contribution in [0.2, 0.25) is 0 Å². The molecule has 1 heteroatoms. The highest BCUT2D eigenvalue weighted by Gasteiger charge is 2.21. The third kappa shape index (κ3) is 4.47. The summed E-state index contributed by atoms with van der Waals surface area (Å²) < 4.78 is 79.1. The molecule has 0 bridgehead atoms. The smallest absolute Gasteiger partial charge is 0.143 e. The van der Waals surface area contributed by atoms with Gasteiger partial charge in [0.25, 0.3) is 0 Å². The molecular formula is C48H32O. The second-order valence-corrected chi connectivity index (χ2v) is 12.4. The summed E-state index contributed by atoms with van der Waals surface area (Å²) in [5.41, 5.74) is 5.04. The van der Waals surface area contributed by atoms with Gasteiger partial charge in [-0.05, 0) is 115 Å². The molecule has 0 amide bonds. The van der Waals surface area contributed by atoms with E-state index in [4.69, 9.17) is 11.3 Å². The summed E-state index contributed by atoms with van der Waals surface area (Å²) in [4.78, 5) is 0. The van der Waals surface area contributed by atoms with E-state index in [0.29, 0.717) is 18.4 Å². The van der Waals surface area contributed by atoms with Crippen molar-refractivity contribution in [2.24, 2.45) is 0 Å². The van der Waals surface area contributed by atoms with E-state index >= 15 is 0 Å². The summed E-state index contributed by atoms with van der Waals surface area (Å²) in [6.07, 6.45) is 7.00. The Kier molecular flexibility index (Phi) is 4.79. The summed E-state index contributed by atoms with van der Waals surface area (Å²) >= 11 is 0. The van der Waals surface area contributed by atoms with Crippen LogP contribution in [0.4, 0.5) is 0 Å². The highest BCUT2D eigenvalue weighted by Crippen LogP contribution is 2.48. The van der Waals surface area contributed by atoms with Crippen molar-refractivity contribution in [1.82, 2.24) is 0 Å². The minimum absolute atomic E-state index is 0.0134. The highest BCUT2D eigenvalue weighted by atomic mass is 16.3. The van der Waals surface area contributed by atoms with Crippen molar-refractivity contribution in [2.45, 2.75) is 12.8 Å². The van der Waals surface area contributed by atoms with Gasteiger partial charge in [-0.15, -0.1) is 0 Å². The van der Waals surface area contributed by atoms with Crippen LogP contribution in [0.3, 0.4) is 0 Å². The van der Waals surface area contributed by atoms with E-state index in [2.05, 4.69) is 42.5 Å². The molecule has 0 atom stereocenters. The summed E-state index contributed by atoms with van der Waals surface area (Å²) in [7, 11) is 0. The number of fused-ring (bicyclic) bond motifs is 7. The third-order valence-electron chi connectivity index (χ3n) is 9.67. The van der Waals surface area contributed by atoms with Gasteiger partial charge in [0.15, 0.2) is 0 Å². The van der Waals surface area contributed by atoms with Crippen molar-refractivity contribution in [3.8, 4) is 33.4 Å². The molecular weight excluding hydrogens is 593 g/mol. The lowest BCUT2D eigenvalue weighted by molar-refractivity contribution is 0.673.